The van der Waals surface area contributed by atoms with Crippen molar-refractivity contribution in [3.05, 3.63) is 115 Å². The molecule has 0 aliphatic heterocycles. The number of aryl methyl sites for hydroxylation is 1. The van der Waals surface area contributed by atoms with Crippen LogP contribution in [-0.2, 0) is 20.1 Å². The Morgan fingerprint density at radius 2 is 1.62 bits per heavy atom. The van der Waals surface area contributed by atoms with E-state index in [-0.39, 0.29) is 44.7 Å². The van der Waals surface area contributed by atoms with Gasteiger partial charge in [-0.2, -0.15) is 0 Å². The first-order valence-electron chi connectivity index (χ1n) is 9.78. The Hall–Kier alpha value is -2.73. The molecule has 5 aromatic rings. The molecule has 0 saturated carbocycles. The third-order valence-corrected chi connectivity index (χ3v) is 4.84. The summed E-state index contributed by atoms with van der Waals surface area (Å²) in [5.74, 6) is 0.0445. The fraction of sp³-hybridized carbons (Fsp3) is 0.0370. The van der Waals surface area contributed by atoms with Gasteiger partial charge >= 0.3 is 18.9 Å². The van der Waals surface area contributed by atoms with E-state index in [1.54, 1.807) is 18.3 Å². The molecule has 3 nitrogen and oxygen atoms in total. The maximum absolute atomic E-state index is 11.1. The van der Waals surface area contributed by atoms with Crippen LogP contribution in [0.5, 0.6) is 5.75 Å². The van der Waals surface area contributed by atoms with Gasteiger partial charge < -0.3 is 10.1 Å². The van der Waals surface area contributed by atoms with Crippen LogP contribution in [0.15, 0.2) is 103 Å². The summed E-state index contributed by atoms with van der Waals surface area (Å²) >= 11 is 0. The number of aromatic nitrogens is 2. The van der Waals surface area contributed by atoms with Gasteiger partial charge in [0, 0.05) is 43.3 Å². The predicted octanol–water partition coefficient (Wildman–Crippen LogP) is 2.25. The molecule has 0 aliphatic rings. The summed E-state index contributed by atoms with van der Waals surface area (Å²) < 4.78 is 0. The van der Waals surface area contributed by atoms with Crippen LogP contribution in [0.2, 0.25) is 0 Å². The Labute approximate surface area is 214 Å². The van der Waals surface area contributed by atoms with Gasteiger partial charge in [0.25, 0.3) is 0 Å². The molecule has 0 atom stereocenters. The monoisotopic (exact) mass is 589 g/mol. The minimum absolute atomic E-state index is 0. The third-order valence-electron chi connectivity index (χ3n) is 4.84. The van der Waals surface area contributed by atoms with Crippen molar-refractivity contribution in [1.82, 2.24) is 4.98 Å². The molecule has 0 aliphatic carbocycles. The fourth-order valence-corrected chi connectivity index (χ4v) is 3.30. The molecular weight excluding hydrogens is 567 g/mol. The van der Waals surface area contributed by atoms with Gasteiger partial charge in [0.15, 0.2) is 6.20 Å². The molecule has 0 unspecified atom stereocenters. The van der Waals surface area contributed by atoms with Crippen molar-refractivity contribution in [2.45, 2.75) is 6.92 Å². The molecule has 2 heterocycles. The number of hydrogen-bond acceptors (Lipinski definition) is 2. The van der Waals surface area contributed by atoms with Crippen molar-refractivity contribution in [2.24, 2.45) is 0 Å². The van der Waals surface area contributed by atoms with E-state index in [4.69, 9.17) is 0 Å². The first kappa shape index (κ1) is 25.5. The number of aromatic amines is 1. The minimum atomic E-state index is 0. The van der Waals surface area contributed by atoms with Crippen molar-refractivity contribution < 1.29 is 49.1 Å². The van der Waals surface area contributed by atoms with Gasteiger partial charge in [-0.25, -0.2) is 4.98 Å². The van der Waals surface area contributed by atoms with E-state index < -0.39 is 0 Å². The van der Waals surface area contributed by atoms with Gasteiger partial charge in [-0.3, -0.25) is 0 Å². The van der Waals surface area contributed by atoms with Crippen molar-refractivity contribution in [2.75, 3.05) is 0 Å². The van der Waals surface area contributed by atoms with Crippen LogP contribution in [0.25, 0.3) is 33.3 Å². The topological polar surface area (TPSA) is 50.1 Å². The number of para-hydroxylation sites is 1. The van der Waals surface area contributed by atoms with Gasteiger partial charge in [0.1, 0.15) is 0 Å². The van der Waals surface area contributed by atoms with Crippen LogP contribution in [0.3, 0.4) is 0 Å². The maximum atomic E-state index is 11.1. The van der Waals surface area contributed by atoms with Gasteiger partial charge in [-0.15, -0.1) is 35.9 Å². The summed E-state index contributed by atoms with van der Waals surface area (Å²) in [6.07, 6.45) is 3.70. The number of rotatable bonds is 2. The second-order valence-corrected chi connectivity index (χ2v) is 6.92. The average molecular weight is 589 g/mol. The molecule has 2 aromatic heterocycles. The summed E-state index contributed by atoms with van der Waals surface area (Å²) in [6.45, 7) is 2.12. The van der Waals surface area contributed by atoms with E-state index in [1.807, 2.05) is 66.9 Å². The normalized spacial score (nSPS) is 9.66. The standard InChI is InChI=1S/C18H14N.C9H7NO.Ir.Li/c1-14-12-18(16-10-6-3-7-11-16)19-13-17(14)15-8-4-2-5-9-15;11-8-5-1-3-7-4-2-6-10-9(7)8;;/h2-10,12-13H,1H3;1-6,11H;;/q-1;;;+1. The number of pyridine rings is 2. The summed E-state index contributed by atoms with van der Waals surface area (Å²) in [5.41, 5.74) is 6.29. The van der Waals surface area contributed by atoms with Crippen molar-refractivity contribution >= 4 is 10.9 Å². The second-order valence-electron chi connectivity index (χ2n) is 6.92. The van der Waals surface area contributed by atoms with E-state index in [1.165, 1.54) is 16.7 Å². The third kappa shape index (κ3) is 6.16. The molecular formula is C27H21IrLiN2O. The Morgan fingerprint density at radius 1 is 0.875 bits per heavy atom. The Bertz CT molecular complexity index is 1260. The zero-order valence-electron chi connectivity index (χ0n) is 18.0. The first-order chi connectivity index (χ1) is 14.7. The van der Waals surface area contributed by atoms with Crippen LogP contribution >= 0.6 is 0 Å². The molecule has 0 bridgehead atoms. The molecule has 32 heavy (non-hydrogen) atoms. The second kappa shape index (κ2) is 12.3. The molecule has 1 radical (unpaired) electrons. The summed E-state index contributed by atoms with van der Waals surface area (Å²) in [6, 6.07) is 32.6. The summed E-state index contributed by atoms with van der Waals surface area (Å²) in [5, 5.41) is 12.1. The maximum Gasteiger partial charge on any atom is 1.00 e. The van der Waals surface area contributed by atoms with Gasteiger partial charge in [-0.05, 0) is 41.6 Å². The quantitative estimate of drug-likeness (QED) is 0.235. The number of nitrogens with one attached hydrogen (secondary N) is 1. The molecule has 0 spiro atoms. The minimum Gasteiger partial charge on any atom is -0.868 e. The van der Waals surface area contributed by atoms with Gasteiger partial charge in [0.05, 0.1) is 0 Å². The number of fused-ring (bicyclic) bond motifs is 1. The van der Waals surface area contributed by atoms with Crippen molar-refractivity contribution in [3.8, 4) is 28.1 Å². The van der Waals surface area contributed by atoms with Crippen LogP contribution < -0.4 is 29.0 Å². The SMILES string of the molecule is Cc1cc(-c2[c-]cccc2)ncc1-c1ccccc1.[Ir].[Li+].[O-]c1cccc2ccc[nH+]c12. The molecule has 0 amide bonds. The Kier molecular flexibility index (Phi) is 9.84. The average Bonchev–Trinajstić information content (AvgIpc) is 2.81. The van der Waals surface area contributed by atoms with Crippen LogP contribution in [-0.4, -0.2) is 4.98 Å². The smallest absolute Gasteiger partial charge is 0.868 e. The zero-order valence-corrected chi connectivity index (χ0v) is 20.4. The van der Waals surface area contributed by atoms with Crippen LogP contribution in [0.4, 0.5) is 0 Å². The fourth-order valence-electron chi connectivity index (χ4n) is 3.30. The molecule has 1 N–H and O–H groups in total. The van der Waals surface area contributed by atoms with Crippen molar-refractivity contribution in [3.63, 3.8) is 0 Å². The Morgan fingerprint density at radius 3 is 2.31 bits per heavy atom. The molecule has 5 rings (SSSR count). The van der Waals surface area contributed by atoms with Crippen molar-refractivity contribution in [1.29, 1.82) is 0 Å². The predicted molar refractivity (Wildman–Crippen MR) is 119 cm³/mol. The van der Waals surface area contributed by atoms with Gasteiger partial charge in [-0.1, -0.05) is 48.5 Å². The Balaban J connectivity index is 0.000000241. The number of nitrogens with zero attached hydrogens (tertiary/aromatic N) is 1. The van der Waals surface area contributed by atoms with E-state index in [0.29, 0.717) is 5.52 Å². The van der Waals surface area contributed by atoms with Gasteiger partial charge in [0.2, 0.25) is 5.52 Å². The largest absolute Gasteiger partial charge is 1.00 e. The van der Waals surface area contributed by atoms with Crippen LogP contribution in [0, 0.1) is 13.0 Å². The first-order valence-corrected chi connectivity index (χ1v) is 9.78. The van der Waals surface area contributed by atoms with E-state index in [2.05, 4.69) is 41.2 Å². The van der Waals surface area contributed by atoms with Crippen LogP contribution in [0.1, 0.15) is 5.56 Å². The molecule has 3 aromatic carbocycles. The molecule has 5 heteroatoms. The molecule has 0 fully saturated rings. The number of benzene rings is 3. The number of H-pyrrole nitrogens is 1. The van der Waals surface area contributed by atoms with E-state index in [9.17, 15) is 5.11 Å². The molecule has 0 saturated heterocycles. The van der Waals surface area contributed by atoms with E-state index in [0.717, 1.165) is 16.6 Å². The summed E-state index contributed by atoms with van der Waals surface area (Å²) in [4.78, 5) is 7.46. The molecule has 155 valence electrons. The zero-order chi connectivity index (χ0) is 20.8. The van der Waals surface area contributed by atoms with E-state index >= 15 is 0 Å². The number of hydrogen-bond donors (Lipinski definition) is 0. The summed E-state index contributed by atoms with van der Waals surface area (Å²) in [7, 11) is 0.